The summed E-state index contributed by atoms with van der Waals surface area (Å²) in [6.07, 6.45) is 30.4. The van der Waals surface area contributed by atoms with E-state index in [-0.39, 0.29) is 19.4 Å². The van der Waals surface area contributed by atoms with E-state index in [0.717, 1.165) is 77.0 Å². The SMILES string of the molecule is CC/C=C\C/C=C\C/C=C\C/C=C\C/C=C\CCCC(=O)OC(COC(=O)CCCCCCC/C=C\C/C=C\CCCCC)COC1OC(COC2OC(CO)C(O)C(O)C2O)C(O)C(O)C1O. The molecular formula is C53H86O15. The van der Waals surface area contributed by atoms with Crippen molar-refractivity contribution in [2.24, 2.45) is 0 Å². The van der Waals surface area contributed by atoms with Crippen LogP contribution < -0.4 is 0 Å². The van der Waals surface area contributed by atoms with Crippen LogP contribution in [0.3, 0.4) is 0 Å². The van der Waals surface area contributed by atoms with Crippen molar-refractivity contribution in [2.75, 3.05) is 26.4 Å². The van der Waals surface area contributed by atoms with Crippen molar-refractivity contribution in [3.8, 4) is 0 Å². The lowest BCUT2D eigenvalue weighted by Crippen LogP contribution is -2.61. The Morgan fingerprint density at radius 2 is 0.941 bits per heavy atom. The second-order valence-corrected chi connectivity index (χ2v) is 17.3. The van der Waals surface area contributed by atoms with Crippen molar-refractivity contribution in [1.82, 2.24) is 0 Å². The average molecular weight is 963 g/mol. The summed E-state index contributed by atoms with van der Waals surface area (Å²) in [5.74, 6) is -1.02. The van der Waals surface area contributed by atoms with Crippen LogP contribution in [0.4, 0.5) is 0 Å². The fraction of sp³-hybridized carbons (Fsp3) is 0.698. The molecule has 7 N–H and O–H groups in total. The Morgan fingerprint density at radius 1 is 0.485 bits per heavy atom. The van der Waals surface area contributed by atoms with Gasteiger partial charge in [0.2, 0.25) is 0 Å². The highest BCUT2D eigenvalue weighted by Gasteiger charge is 2.47. The second kappa shape index (κ2) is 39.4. The molecule has 0 spiro atoms. The third-order valence-corrected chi connectivity index (χ3v) is 11.4. The number of esters is 2. The molecule has 0 amide bonds. The highest BCUT2D eigenvalue weighted by molar-refractivity contribution is 5.70. The number of hydrogen-bond donors (Lipinski definition) is 7. The highest BCUT2D eigenvalue weighted by atomic mass is 16.7. The van der Waals surface area contributed by atoms with E-state index in [4.69, 9.17) is 28.4 Å². The second-order valence-electron chi connectivity index (χ2n) is 17.3. The molecule has 15 nitrogen and oxygen atoms in total. The number of aliphatic hydroxyl groups is 7. The minimum Gasteiger partial charge on any atom is -0.462 e. The summed E-state index contributed by atoms with van der Waals surface area (Å²) in [7, 11) is 0. The summed E-state index contributed by atoms with van der Waals surface area (Å²) in [4.78, 5) is 25.7. The molecule has 0 saturated carbocycles. The summed E-state index contributed by atoms with van der Waals surface area (Å²) in [5.41, 5.74) is 0. The van der Waals surface area contributed by atoms with Gasteiger partial charge in [-0.3, -0.25) is 9.59 Å². The van der Waals surface area contributed by atoms with Gasteiger partial charge in [-0.2, -0.15) is 0 Å². The Morgan fingerprint density at radius 3 is 1.50 bits per heavy atom. The normalized spacial score (nSPS) is 26.5. The Balaban J connectivity index is 1.86. The summed E-state index contributed by atoms with van der Waals surface area (Å²) in [5, 5.41) is 72.0. The summed E-state index contributed by atoms with van der Waals surface area (Å²) in [6, 6.07) is 0. The first kappa shape index (κ1) is 60.8. The molecule has 2 fully saturated rings. The molecule has 388 valence electrons. The highest BCUT2D eigenvalue weighted by Crippen LogP contribution is 2.26. The van der Waals surface area contributed by atoms with Crippen LogP contribution in [-0.4, -0.2) is 142 Å². The zero-order valence-electron chi connectivity index (χ0n) is 40.8. The molecule has 0 aromatic rings. The van der Waals surface area contributed by atoms with Crippen LogP contribution in [0.25, 0.3) is 0 Å². The maximum atomic E-state index is 13.0. The topological polar surface area (TPSA) is 231 Å². The molecule has 68 heavy (non-hydrogen) atoms. The van der Waals surface area contributed by atoms with Crippen LogP contribution in [0.2, 0.25) is 0 Å². The number of allylic oxidation sites excluding steroid dienone is 14. The number of aliphatic hydroxyl groups excluding tert-OH is 7. The predicted molar refractivity (Wildman–Crippen MR) is 261 cm³/mol. The van der Waals surface area contributed by atoms with Crippen molar-refractivity contribution in [3.05, 3.63) is 85.1 Å². The van der Waals surface area contributed by atoms with E-state index in [1.807, 2.05) is 12.2 Å². The first-order chi connectivity index (χ1) is 33.0. The Bertz CT molecular complexity index is 1510. The molecule has 2 heterocycles. The van der Waals surface area contributed by atoms with E-state index in [2.05, 4.69) is 86.8 Å². The number of unbranched alkanes of at least 4 members (excludes halogenated alkanes) is 9. The molecular weight excluding hydrogens is 877 g/mol. The first-order valence-electron chi connectivity index (χ1n) is 25.2. The fourth-order valence-corrected chi connectivity index (χ4v) is 7.22. The minimum atomic E-state index is -1.78. The van der Waals surface area contributed by atoms with Crippen LogP contribution in [0, 0.1) is 0 Å². The van der Waals surface area contributed by atoms with Crippen molar-refractivity contribution in [3.63, 3.8) is 0 Å². The molecule has 2 aliphatic rings. The van der Waals surface area contributed by atoms with Crippen LogP contribution in [-0.2, 0) is 38.0 Å². The largest absolute Gasteiger partial charge is 0.462 e. The standard InChI is InChI=1S/C53H86O15/c1-3-5-7-9-11-13-15-17-19-20-22-24-26-28-30-32-34-36-45(56)66-41(38-63-44(55)35-33-31-29-27-25-23-21-18-16-14-12-10-8-6-4-2)39-64-52-51(62)49(60)47(58)43(68-52)40-65-53-50(61)48(59)46(57)42(37-54)67-53/h5,7,11-14,17-19,21-22,24,28,30,41-43,46-54,57-62H,3-4,6,8-10,15-16,20,23,25-27,29,31-40H2,1-2H3/b7-5-,13-11-,14-12-,19-17-,21-18-,24-22-,30-28-. The number of rotatable bonds is 37. The maximum Gasteiger partial charge on any atom is 0.306 e. The first-order valence-corrected chi connectivity index (χ1v) is 25.2. The van der Waals surface area contributed by atoms with Gasteiger partial charge in [-0.15, -0.1) is 0 Å². The van der Waals surface area contributed by atoms with E-state index < -0.39 is 99.3 Å². The summed E-state index contributed by atoms with van der Waals surface area (Å²) < 4.78 is 33.5. The summed E-state index contributed by atoms with van der Waals surface area (Å²) >= 11 is 0. The van der Waals surface area contributed by atoms with Gasteiger partial charge >= 0.3 is 11.9 Å². The zero-order valence-corrected chi connectivity index (χ0v) is 40.8. The van der Waals surface area contributed by atoms with Gasteiger partial charge in [0.25, 0.3) is 0 Å². The van der Waals surface area contributed by atoms with Crippen LogP contribution in [0.15, 0.2) is 85.1 Å². The monoisotopic (exact) mass is 963 g/mol. The van der Waals surface area contributed by atoms with Crippen LogP contribution in [0.5, 0.6) is 0 Å². The lowest BCUT2D eigenvalue weighted by atomic mass is 9.98. The third-order valence-electron chi connectivity index (χ3n) is 11.4. The molecule has 2 rings (SSSR count). The van der Waals surface area contributed by atoms with Gasteiger partial charge in [0, 0.05) is 12.8 Å². The molecule has 15 heteroatoms. The molecule has 2 saturated heterocycles. The smallest absolute Gasteiger partial charge is 0.306 e. The predicted octanol–water partition coefficient (Wildman–Crippen LogP) is 6.82. The van der Waals surface area contributed by atoms with E-state index in [1.165, 1.54) is 19.3 Å². The number of hydrogen-bond acceptors (Lipinski definition) is 15. The maximum absolute atomic E-state index is 13.0. The van der Waals surface area contributed by atoms with Gasteiger partial charge in [0.15, 0.2) is 18.7 Å². The average Bonchev–Trinajstić information content (AvgIpc) is 3.33. The third kappa shape index (κ3) is 27.2. The molecule has 0 radical (unpaired) electrons. The van der Waals surface area contributed by atoms with Gasteiger partial charge < -0.3 is 64.2 Å². The lowest BCUT2D eigenvalue weighted by Gasteiger charge is -2.42. The van der Waals surface area contributed by atoms with Gasteiger partial charge in [0.05, 0.1) is 19.8 Å². The molecule has 0 bridgehead atoms. The van der Waals surface area contributed by atoms with Crippen molar-refractivity contribution in [2.45, 2.75) is 210 Å². The van der Waals surface area contributed by atoms with E-state index in [9.17, 15) is 45.3 Å². The molecule has 11 atom stereocenters. The Hall–Kier alpha value is -3.32. The fourth-order valence-electron chi connectivity index (χ4n) is 7.22. The molecule has 0 aromatic heterocycles. The Labute approximate surface area is 405 Å². The Kier molecular flexibility index (Phi) is 35.2. The van der Waals surface area contributed by atoms with Crippen LogP contribution >= 0.6 is 0 Å². The number of ether oxygens (including phenoxy) is 6. The van der Waals surface area contributed by atoms with E-state index in [0.29, 0.717) is 19.3 Å². The zero-order chi connectivity index (χ0) is 49.6. The van der Waals surface area contributed by atoms with Crippen molar-refractivity contribution < 1.29 is 73.8 Å². The van der Waals surface area contributed by atoms with Gasteiger partial charge in [0.1, 0.15) is 55.4 Å². The lowest BCUT2D eigenvalue weighted by molar-refractivity contribution is -0.332. The molecule has 11 unspecified atom stereocenters. The van der Waals surface area contributed by atoms with Gasteiger partial charge in [-0.05, 0) is 83.5 Å². The van der Waals surface area contributed by atoms with Gasteiger partial charge in [-0.1, -0.05) is 131 Å². The van der Waals surface area contributed by atoms with Crippen molar-refractivity contribution >= 4 is 11.9 Å². The molecule has 0 aromatic carbocycles. The summed E-state index contributed by atoms with van der Waals surface area (Å²) in [6.45, 7) is 2.35. The van der Waals surface area contributed by atoms with E-state index in [1.54, 1.807) is 0 Å². The van der Waals surface area contributed by atoms with E-state index >= 15 is 0 Å². The minimum absolute atomic E-state index is 0.0789. The van der Waals surface area contributed by atoms with Crippen LogP contribution in [0.1, 0.15) is 142 Å². The number of carbonyl (C=O) groups excluding carboxylic acids is 2. The molecule has 0 aliphatic carbocycles. The molecule has 2 aliphatic heterocycles. The quantitative estimate of drug-likeness (QED) is 0.0193. The van der Waals surface area contributed by atoms with Gasteiger partial charge in [-0.25, -0.2) is 0 Å². The van der Waals surface area contributed by atoms with Crippen molar-refractivity contribution in [1.29, 1.82) is 0 Å². The number of carbonyl (C=O) groups is 2.